The molecule has 6 heteroatoms. The van der Waals surface area contributed by atoms with E-state index in [0.717, 1.165) is 34.9 Å². The minimum atomic E-state index is 0.185. The fourth-order valence-corrected chi connectivity index (χ4v) is 2.61. The van der Waals surface area contributed by atoms with Crippen molar-refractivity contribution in [1.82, 2.24) is 9.80 Å². The third-order valence-electron chi connectivity index (χ3n) is 4.40. The van der Waals surface area contributed by atoms with Crippen LogP contribution in [0.15, 0.2) is 0 Å². The molecule has 0 radical (unpaired) electrons. The molecule has 0 fully saturated rings. The molecule has 0 heterocycles. The van der Waals surface area contributed by atoms with Gasteiger partial charge < -0.3 is 18.8 Å². The van der Waals surface area contributed by atoms with Gasteiger partial charge in [-0.05, 0) is 25.7 Å². The fraction of sp³-hybridized carbons (Fsp3) is 0.889. The second kappa shape index (κ2) is 9.99. The van der Waals surface area contributed by atoms with Gasteiger partial charge in [-0.15, -0.1) is 0 Å². The van der Waals surface area contributed by atoms with Crippen LogP contribution in [-0.2, 0) is 9.59 Å². The monoisotopic (exact) mass is 344 g/mol. The molecule has 2 amide bonds. The molecule has 0 bridgehead atoms. The smallest absolute Gasteiger partial charge is 0.277 e. The summed E-state index contributed by atoms with van der Waals surface area (Å²) in [7, 11) is 15.7. The van der Waals surface area contributed by atoms with Crippen molar-refractivity contribution >= 4 is 11.8 Å². The standard InChI is InChI=1S/C18H40N4O2/c1-19(2)17(23)15-21(5,6)13-11-9-10-12-14-22(7,8)16-18(24)20(3)4/h9-16H2,1-8H3/q+2. The minimum absolute atomic E-state index is 0.185. The summed E-state index contributed by atoms with van der Waals surface area (Å²) in [6.07, 6.45) is 4.63. The van der Waals surface area contributed by atoms with Gasteiger partial charge in [-0.3, -0.25) is 9.59 Å². The number of carbonyl (C=O) groups is 2. The zero-order valence-corrected chi connectivity index (χ0v) is 17.3. The maximum absolute atomic E-state index is 11.8. The lowest BCUT2D eigenvalue weighted by molar-refractivity contribution is -0.883. The number of hydrogen-bond donors (Lipinski definition) is 0. The molecular formula is C18H40N4O2+2. The first kappa shape index (κ1) is 22.9. The van der Waals surface area contributed by atoms with E-state index in [1.54, 1.807) is 9.80 Å². The molecule has 0 atom stereocenters. The SMILES string of the molecule is CN(C)C(=O)C[N+](C)(C)CCCCCC[N+](C)(C)CC(=O)N(C)C. The van der Waals surface area contributed by atoms with Crippen LogP contribution in [0, 0.1) is 0 Å². The summed E-state index contributed by atoms with van der Waals surface area (Å²) in [6.45, 7) is 3.17. The molecule has 0 spiro atoms. The summed E-state index contributed by atoms with van der Waals surface area (Å²) in [5.41, 5.74) is 0. The van der Waals surface area contributed by atoms with Crippen molar-refractivity contribution < 1.29 is 18.6 Å². The molecule has 0 rings (SSSR count). The summed E-state index contributed by atoms with van der Waals surface area (Å²) in [4.78, 5) is 27.0. The summed E-state index contributed by atoms with van der Waals surface area (Å²) in [5, 5.41) is 0. The van der Waals surface area contributed by atoms with E-state index in [2.05, 4.69) is 28.2 Å². The maximum Gasteiger partial charge on any atom is 0.277 e. The molecule has 0 aliphatic carbocycles. The number of carbonyl (C=O) groups excluding carboxylic acids is 2. The summed E-state index contributed by atoms with van der Waals surface area (Å²) >= 11 is 0. The van der Waals surface area contributed by atoms with Crippen LogP contribution in [0.25, 0.3) is 0 Å². The van der Waals surface area contributed by atoms with Crippen LogP contribution in [0.4, 0.5) is 0 Å². The highest BCUT2D eigenvalue weighted by atomic mass is 16.2. The van der Waals surface area contributed by atoms with E-state index >= 15 is 0 Å². The first-order valence-corrected chi connectivity index (χ1v) is 8.91. The number of nitrogens with zero attached hydrogens (tertiary/aromatic N) is 4. The van der Waals surface area contributed by atoms with Crippen LogP contribution in [0.3, 0.4) is 0 Å². The van der Waals surface area contributed by atoms with Gasteiger partial charge in [-0.25, -0.2) is 0 Å². The van der Waals surface area contributed by atoms with Crippen LogP contribution in [0.2, 0.25) is 0 Å². The number of amides is 2. The molecule has 0 saturated heterocycles. The van der Waals surface area contributed by atoms with Crippen molar-refractivity contribution in [2.45, 2.75) is 25.7 Å². The second-order valence-corrected chi connectivity index (χ2v) is 8.63. The van der Waals surface area contributed by atoms with Crippen molar-refractivity contribution in [2.24, 2.45) is 0 Å². The average molecular weight is 345 g/mol. The number of quaternary nitrogens is 2. The Morgan fingerprint density at radius 2 is 0.917 bits per heavy atom. The number of rotatable bonds is 11. The van der Waals surface area contributed by atoms with E-state index in [4.69, 9.17) is 0 Å². The largest absolute Gasteiger partial charge is 0.344 e. The molecule has 0 aromatic heterocycles. The van der Waals surface area contributed by atoms with E-state index in [1.807, 2.05) is 28.2 Å². The van der Waals surface area contributed by atoms with Gasteiger partial charge in [-0.1, -0.05) is 0 Å². The highest BCUT2D eigenvalue weighted by molar-refractivity contribution is 5.77. The zero-order valence-electron chi connectivity index (χ0n) is 17.3. The Labute approximate surface area is 149 Å². The predicted molar refractivity (Wildman–Crippen MR) is 99.5 cm³/mol. The lowest BCUT2D eigenvalue weighted by Gasteiger charge is -2.31. The van der Waals surface area contributed by atoms with Crippen molar-refractivity contribution in [3.8, 4) is 0 Å². The Hall–Kier alpha value is -1.14. The first-order valence-electron chi connectivity index (χ1n) is 8.91. The molecule has 142 valence electrons. The van der Waals surface area contributed by atoms with Gasteiger partial charge in [-0.2, -0.15) is 0 Å². The molecule has 0 saturated carbocycles. The van der Waals surface area contributed by atoms with E-state index in [1.165, 1.54) is 12.8 Å². The molecule has 0 aliphatic rings. The topological polar surface area (TPSA) is 40.6 Å². The number of hydrogen-bond acceptors (Lipinski definition) is 2. The molecule has 0 unspecified atom stereocenters. The predicted octanol–water partition coefficient (Wildman–Crippen LogP) is 0.876. The van der Waals surface area contributed by atoms with Crippen LogP contribution in [0.1, 0.15) is 25.7 Å². The van der Waals surface area contributed by atoms with Crippen molar-refractivity contribution in [3.63, 3.8) is 0 Å². The molecule has 0 aromatic rings. The number of likely N-dealkylation sites (N-methyl/N-ethyl adjacent to an activating group) is 4. The number of unbranched alkanes of at least 4 members (excludes halogenated alkanes) is 3. The second-order valence-electron chi connectivity index (χ2n) is 8.63. The van der Waals surface area contributed by atoms with Gasteiger partial charge in [0.15, 0.2) is 13.1 Å². The Morgan fingerprint density at radius 3 is 1.17 bits per heavy atom. The van der Waals surface area contributed by atoms with Gasteiger partial charge in [0.1, 0.15) is 0 Å². The summed E-state index contributed by atoms with van der Waals surface area (Å²) < 4.78 is 1.49. The van der Waals surface area contributed by atoms with Gasteiger partial charge in [0.2, 0.25) is 0 Å². The molecule has 0 aliphatic heterocycles. The van der Waals surface area contributed by atoms with Crippen LogP contribution >= 0.6 is 0 Å². The summed E-state index contributed by atoms with van der Waals surface area (Å²) in [6, 6.07) is 0. The van der Waals surface area contributed by atoms with Crippen LogP contribution in [0.5, 0.6) is 0 Å². The van der Waals surface area contributed by atoms with Crippen LogP contribution < -0.4 is 0 Å². The lowest BCUT2D eigenvalue weighted by Crippen LogP contribution is -2.48. The van der Waals surface area contributed by atoms with Gasteiger partial charge in [0, 0.05) is 28.2 Å². The third kappa shape index (κ3) is 10.6. The van der Waals surface area contributed by atoms with Gasteiger partial charge >= 0.3 is 0 Å². The Balaban J connectivity index is 3.94. The third-order valence-corrected chi connectivity index (χ3v) is 4.40. The molecular weight excluding hydrogens is 304 g/mol. The van der Waals surface area contributed by atoms with Gasteiger partial charge in [0.05, 0.1) is 41.3 Å². The Bertz CT molecular complexity index is 366. The summed E-state index contributed by atoms with van der Waals surface area (Å²) in [5.74, 6) is 0.370. The molecule has 6 nitrogen and oxygen atoms in total. The van der Waals surface area contributed by atoms with Crippen molar-refractivity contribution in [1.29, 1.82) is 0 Å². The Kier molecular flexibility index (Phi) is 9.51. The van der Waals surface area contributed by atoms with E-state index < -0.39 is 0 Å². The molecule has 24 heavy (non-hydrogen) atoms. The molecule has 0 N–H and O–H groups in total. The van der Waals surface area contributed by atoms with Crippen molar-refractivity contribution in [2.75, 3.05) is 82.6 Å². The van der Waals surface area contributed by atoms with Gasteiger partial charge in [0.25, 0.3) is 11.8 Å². The lowest BCUT2D eigenvalue weighted by atomic mass is 10.1. The highest BCUT2D eigenvalue weighted by Gasteiger charge is 2.22. The first-order chi connectivity index (χ1) is 10.9. The maximum atomic E-state index is 11.8. The minimum Gasteiger partial charge on any atom is -0.344 e. The quantitative estimate of drug-likeness (QED) is 0.412. The fourth-order valence-electron chi connectivity index (χ4n) is 2.61. The van der Waals surface area contributed by atoms with E-state index in [9.17, 15) is 9.59 Å². The van der Waals surface area contributed by atoms with Crippen LogP contribution in [-0.4, -0.2) is 113 Å². The average Bonchev–Trinajstić information content (AvgIpc) is 2.41. The highest BCUT2D eigenvalue weighted by Crippen LogP contribution is 2.09. The zero-order chi connectivity index (χ0) is 19.0. The van der Waals surface area contributed by atoms with E-state index in [0.29, 0.717) is 13.1 Å². The normalized spacial score (nSPS) is 12.2. The van der Waals surface area contributed by atoms with Crippen molar-refractivity contribution in [3.05, 3.63) is 0 Å². The molecule has 0 aromatic carbocycles. The van der Waals surface area contributed by atoms with E-state index in [-0.39, 0.29) is 11.8 Å². The Morgan fingerprint density at radius 1 is 0.625 bits per heavy atom.